The summed E-state index contributed by atoms with van der Waals surface area (Å²) in [6, 6.07) is 12.2. The molecule has 0 aliphatic heterocycles. The smallest absolute Gasteiger partial charge is 0.203 e. The fourth-order valence-corrected chi connectivity index (χ4v) is 2.46. The van der Waals surface area contributed by atoms with Crippen LogP contribution in [0, 0.1) is 0 Å². The number of benzene rings is 2. The van der Waals surface area contributed by atoms with Gasteiger partial charge in [0, 0.05) is 17.6 Å². The monoisotopic (exact) mass is 401 g/mol. The molecular weight excluding hydrogens is 382 g/mol. The lowest BCUT2D eigenvalue weighted by Gasteiger charge is -2.14. The third kappa shape index (κ3) is 5.30. The van der Waals surface area contributed by atoms with E-state index in [-0.39, 0.29) is 12.4 Å². The Morgan fingerprint density at radius 2 is 1.35 bits per heavy atom. The molecule has 0 saturated carbocycles. The van der Waals surface area contributed by atoms with E-state index < -0.39 is 0 Å². The molecule has 0 aliphatic carbocycles. The predicted octanol–water partition coefficient (Wildman–Crippen LogP) is 4.19. The number of rotatable bonds is 7. The third-order valence-corrected chi connectivity index (χ3v) is 3.82. The molecule has 2 rings (SSSR count). The van der Waals surface area contributed by atoms with Gasteiger partial charge in [-0.05, 0) is 35.4 Å². The van der Waals surface area contributed by atoms with Gasteiger partial charge < -0.3 is 19.5 Å². The molecule has 1 N–H and O–H groups in total. The van der Waals surface area contributed by atoms with E-state index in [9.17, 15) is 0 Å². The van der Waals surface area contributed by atoms with Gasteiger partial charge in [0.15, 0.2) is 11.5 Å². The summed E-state index contributed by atoms with van der Waals surface area (Å²) in [6.45, 7) is 1.51. The average Bonchev–Trinajstić information content (AvgIpc) is 2.55. The fraction of sp³-hybridized carbons (Fsp3) is 0.294. The summed E-state index contributed by atoms with van der Waals surface area (Å²) in [5.74, 6) is 1.95. The molecule has 2 aromatic rings. The molecular formula is C17H21BrClNO3. The highest BCUT2D eigenvalue weighted by molar-refractivity contribution is 9.10. The number of halogens is 2. The minimum absolute atomic E-state index is 0. The molecule has 0 spiro atoms. The van der Waals surface area contributed by atoms with Gasteiger partial charge in [-0.2, -0.15) is 0 Å². The highest BCUT2D eigenvalue weighted by Crippen LogP contribution is 2.38. The number of methoxy groups -OCH3 is 3. The lowest BCUT2D eigenvalue weighted by atomic mass is 10.1. The lowest BCUT2D eigenvalue weighted by molar-refractivity contribution is 0.323. The van der Waals surface area contributed by atoms with Crippen molar-refractivity contribution < 1.29 is 14.2 Å². The molecule has 0 aromatic heterocycles. The quantitative estimate of drug-likeness (QED) is 0.754. The molecule has 0 amide bonds. The van der Waals surface area contributed by atoms with E-state index >= 15 is 0 Å². The molecule has 0 fully saturated rings. The van der Waals surface area contributed by atoms with Crippen molar-refractivity contribution in [1.29, 1.82) is 0 Å². The first kappa shape index (κ1) is 19.6. The van der Waals surface area contributed by atoms with Gasteiger partial charge in [0.25, 0.3) is 0 Å². The summed E-state index contributed by atoms with van der Waals surface area (Å²) in [4.78, 5) is 0. The summed E-state index contributed by atoms with van der Waals surface area (Å²) in [6.07, 6.45) is 0. The Morgan fingerprint density at radius 1 is 0.826 bits per heavy atom. The lowest BCUT2D eigenvalue weighted by Crippen LogP contribution is -2.13. The molecule has 0 atom stereocenters. The third-order valence-electron chi connectivity index (χ3n) is 3.30. The van der Waals surface area contributed by atoms with Gasteiger partial charge in [-0.3, -0.25) is 0 Å². The van der Waals surface area contributed by atoms with Crippen LogP contribution in [0.4, 0.5) is 0 Å². The van der Waals surface area contributed by atoms with Gasteiger partial charge in [-0.25, -0.2) is 0 Å². The van der Waals surface area contributed by atoms with Crippen LogP contribution in [0.2, 0.25) is 0 Å². The topological polar surface area (TPSA) is 39.7 Å². The standard InChI is InChI=1S/C17H20BrNO3.ClH/c1-20-15-8-13(9-16(21-2)17(15)22-3)11-19-10-12-4-6-14(18)7-5-12;/h4-9,19H,10-11H2,1-3H3;1H. The second kappa shape index (κ2) is 9.65. The minimum Gasteiger partial charge on any atom is -0.493 e. The maximum Gasteiger partial charge on any atom is 0.203 e. The van der Waals surface area contributed by atoms with Crippen LogP contribution < -0.4 is 19.5 Å². The number of hydrogen-bond acceptors (Lipinski definition) is 4. The van der Waals surface area contributed by atoms with Crippen LogP contribution in [-0.4, -0.2) is 21.3 Å². The molecule has 2 aromatic carbocycles. The average molecular weight is 403 g/mol. The summed E-state index contributed by atoms with van der Waals surface area (Å²) < 4.78 is 17.1. The SMILES string of the molecule is COc1cc(CNCc2ccc(Br)cc2)cc(OC)c1OC.Cl. The number of hydrogen-bond donors (Lipinski definition) is 1. The van der Waals surface area contributed by atoms with Gasteiger partial charge in [-0.1, -0.05) is 28.1 Å². The zero-order chi connectivity index (χ0) is 15.9. The van der Waals surface area contributed by atoms with Gasteiger partial charge in [0.05, 0.1) is 21.3 Å². The molecule has 6 heteroatoms. The van der Waals surface area contributed by atoms with Crippen LogP contribution >= 0.6 is 28.3 Å². The van der Waals surface area contributed by atoms with Crippen molar-refractivity contribution in [3.63, 3.8) is 0 Å². The highest BCUT2D eigenvalue weighted by atomic mass is 79.9. The predicted molar refractivity (Wildman–Crippen MR) is 98.0 cm³/mol. The molecule has 0 radical (unpaired) electrons. The van der Waals surface area contributed by atoms with E-state index in [1.807, 2.05) is 24.3 Å². The van der Waals surface area contributed by atoms with Crippen molar-refractivity contribution in [2.75, 3.05) is 21.3 Å². The summed E-state index contributed by atoms with van der Waals surface area (Å²) in [5, 5.41) is 3.41. The number of nitrogens with one attached hydrogen (secondary N) is 1. The van der Waals surface area contributed by atoms with E-state index in [0.717, 1.165) is 16.6 Å². The summed E-state index contributed by atoms with van der Waals surface area (Å²) in [5.41, 5.74) is 2.31. The van der Waals surface area contributed by atoms with Gasteiger partial charge in [0.1, 0.15) is 0 Å². The Bertz CT molecular complexity index is 595. The van der Waals surface area contributed by atoms with Crippen LogP contribution in [-0.2, 0) is 13.1 Å². The van der Waals surface area contributed by atoms with Crippen LogP contribution in [0.3, 0.4) is 0 Å². The molecule has 0 saturated heterocycles. The molecule has 0 unspecified atom stereocenters. The van der Waals surface area contributed by atoms with Gasteiger partial charge >= 0.3 is 0 Å². The number of ether oxygens (including phenoxy) is 3. The maximum atomic E-state index is 5.36. The molecule has 23 heavy (non-hydrogen) atoms. The van der Waals surface area contributed by atoms with Crippen molar-refractivity contribution in [3.05, 3.63) is 52.0 Å². The largest absolute Gasteiger partial charge is 0.493 e. The van der Waals surface area contributed by atoms with Crippen LogP contribution in [0.25, 0.3) is 0 Å². The van der Waals surface area contributed by atoms with Crippen molar-refractivity contribution in [3.8, 4) is 17.2 Å². The van der Waals surface area contributed by atoms with Crippen LogP contribution in [0.1, 0.15) is 11.1 Å². The highest BCUT2D eigenvalue weighted by Gasteiger charge is 2.12. The molecule has 0 heterocycles. The van der Waals surface area contributed by atoms with E-state index in [1.165, 1.54) is 5.56 Å². The summed E-state index contributed by atoms with van der Waals surface area (Å²) in [7, 11) is 4.85. The van der Waals surface area contributed by atoms with E-state index in [0.29, 0.717) is 23.8 Å². The van der Waals surface area contributed by atoms with Gasteiger partial charge in [-0.15, -0.1) is 12.4 Å². The molecule has 4 nitrogen and oxygen atoms in total. The Balaban J connectivity index is 0.00000264. The Labute approximate surface area is 151 Å². The van der Waals surface area contributed by atoms with Crippen LogP contribution in [0.5, 0.6) is 17.2 Å². The van der Waals surface area contributed by atoms with Crippen molar-refractivity contribution in [2.24, 2.45) is 0 Å². The van der Waals surface area contributed by atoms with E-state index in [2.05, 4.69) is 33.4 Å². The molecule has 0 aliphatic rings. The molecule has 0 bridgehead atoms. The normalized spacial score (nSPS) is 9.91. The minimum atomic E-state index is 0. The van der Waals surface area contributed by atoms with Crippen LogP contribution in [0.15, 0.2) is 40.9 Å². The second-order valence-corrected chi connectivity index (χ2v) is 5.68. The Hall–Kier alpha value is -1.43. The first-order valence-corrected chi connectivity index (χ1v) is 7.71. The van der Waals surface area contributed by atoms with E-state index in [1.54, 1.807) is 21.3 Å². The Morgan fingerprint density at radius 3 is 1.83 bits per heavy atom. The van der Waals surface area contributed by atoms with E-state index in [4.69, 9.17) is 14.2 Å². The molecule has 126 valence electrons. The van der Waals surface area contributed by atoms with Gasteiger partial charge in [0.2, 0.25) is 5.75 Å². The zero-order valence-electron chi connectivity index (χ0n) is 13.4. The second-order valence-electron chi connectivity index (χ2n) is 4.76. The Kier molecular flexibility index (Phi) is 8.23. The zero-order valence-corrected chi connectivity index (χ0v) is 15.8. The summed E-state index contributed by atoms with van der Waals surface area (Å²) >= 11 is 3.44. The first-order valence-electron chi connectivity index (χ1n) is 6.92. The maximum absolute atomic E-state index is 5.36. The van der Waals surface area contributed by atoms with Crippen molar-refractivity contribution in [2.45, 2.75) is 13.1 Å². The van der Waals surface area contributed by atoms with Crippen molar-refractivity contribution >= 4 is 28.3 Å². The van der Waals surface area contributed by atoms with Crippen molar-refractivity contribution in [1.82, 2.24) is 5.32 Å². The first-order chi connectivity index (χ1) is 10.7. The fourth-order valence-electron chi connectivity index (χ4n) is 2.19.